The van der Waals surface area contributed by atoms with Crippen LogP contribution in [0.15, 0.2) is 48.8 Å². The van der Waals surface area contributed by atoms with E-state index in [1.807, 2.05) is 35.2 Å². The van der Waals surface area contributed by atoms with E-state index in [9.17, 15) is 9.59 Å². The van der Waals surface area contributed by atoms with E-state index in [0.717, 1.165) is 50.8 Å². The van der Waals surface area contributed by atoms with E-state index in [1.165, 1.54) is 0 Å². The second-order valence-corrected chi connectivity index (χ2v) is 8.57. The van der Waals surface area contributed by atoms with Crippen LogP contribution < -0.4 is 15.5 Å². The van der Waals surface area contributed by atoms with Crippen LogP contribution in [0.3, 0.4) is 0 Å². The molecule has 2 aromatic rings. The average Bonchev–Trinajstić information content (AvgIpc) is 3.04. The summed E-state index contributed by atoms with van der Waals surface area (Å²) in [6, 6.07) is 11.2. The van der Waals surface area contributed by atoms with Crippen molar-refractivity contribution in [1.29, 1.82) is 0 Å². The lowest BCUT2D eigenvalue weighted by atomic mass is 10.1. The molecular weight excluding hydrogens is 404 g/mol. The predicted octanol–water partition coefficient (Wildman–Crippen LogP) is 2.89. The van der Waals surface area contributed by atoms with Crippen molar-refractivity contribution < 1.29 is 9.59 Å². The Labute approximate surface area is 189 Å². The lowest BCUT2D eigenvalue weighted by Gasteiger charge is -2.34. The van der Waals surface area contributed by atoms with E-state index in [2.05, 4.69) is 25.5 Å². The zero-order chi connectivity index (χ0) is 22.2. The van der Waals surface area contributed by atoms with Gasteiger partial charge in [0, 0.05) is 51.0 Å². The Balaban J connectivity index is 1.39. The minimum Gasteiger partial charge on any atom is -0.340 e. The van der Waals surface area contributed by atoms with Crippen LogP contribution in [-0.4, -0.2) is 59.0 Å². The molecule has 0 spiro atoms. The fourth-order valence-corrected chi connectivity index (χ4v) is 4.49. The molecule has 2 N–H and O–H groups in total. The van der Waals surface area contributed by atoms with Crippen LogP contribution in [-0.2, 0) is 4.79 Å². The fraction of sp³-hybridized carbons (Fsp3) is 0.500. The average molecular weight is 437 g/mol. The number of piperidine rings is 1. The monoisotopic (exact) mass is 436 g/mol. The Kier molecular flexibility index (Phi) is 7.53. The Hall–Kier alpha value is -3.16. The minimum atomic E-state index is -0.254. The van der Waals surface area contributed by atoms with Crippen molar-refractivity contribution >= 4 is 17.9 Å². The van der Waals surface area contributed by atoms with Crippen molar-refractivity contribution in [2.75, 3.05) is 31.1 Å². The summed E-state index contributed by atoms with van der Waals surface area (Å²) in [5.41, 5.74) is 1.00. The summed E-state index contributed by atoms with van der Waals surface area (Å²) in [5, 5.41) is 6.26. The number of rotatable bonds is 6. The molecule has 8 nitrogen and oxygen atoms in total. The molecule has 0 bridgehead atoms. The molecule has 32 heavy (non-hydrogen) atoms. The van der Waals surface area contributed by atoms with Crippen LogP contribution in [0.25, 0.3) is 0 Å². The minimum absolute atomic E-state index is 0.0174. The number of carbonyl (C=O) groups excluding carboxylic acids is 2. The van der Waals surface area contributed by atoms with Crippen molar-refractivity contribution in [1.82, 2.24) is 25.5 Å². The first kappa shape index (κ1) is 22.0. The van der Waals surface area contributed by atoms with E-state index in [1.54, 1.807) is 18.5 Å². The molecule has 2 aliphatic heterocycles. The summed E-state index contributed by atoms with van der Waals surface area (Å²) in [4.78, 5) is 38.2. The number of hydrogen-bond acceptors (Lipinski definition) is 5. The molecule has 0 aliphatic carbocycles. The maximum atomic E-state index is 13.0. The first-order valence-electron chi connectivity index (χ1n) is 11.6. The van der Waals surface area contributed by atoms with Gasteiger partial charge < -0.3 is 20.4 Å². The van der Waals surface area contributed by atoms with Crippen molar-refractivity contribution in [3.8, 4) is 0 Å². The van der Waals surface area contributed by atoms with E-state index in [0.29, 0.717) is 25.5 Å². The van der Waals surface area contributed by atoms with Gasteiger partial charge in [-0.05, 0) is 37.3 Å². The van der Waals surface area contributed by atoms with Gasteiger partial charge in [0.1, 0.15) is 0 Å². The van der Waals surface area contributed by atoms with Gasteiger partial charge in [-0.2, -0.15) is 0 Å². The maximum Gasteiger partial charge on any atom is 0.315 e. The Morgan fingerprint density at radius 3 is 2.66 bits per heavy atom. The summed E-state index contributed by atoms with van der Waals surface area (Å²) in [6.07, 6.45) is 8.98. The van der Waals surface area contributed by atoms with E-state index >= 15 is 0 Å². The standard InChI is InChI=1S/C24H32N6O2/c31-22-12-5-2-6-15-29(22)18-21(19-9-3-1-4-10-19)28-24(32)27-20-11-7-16-30(17-20)23-25-13-8-14-26-23/h1,3-4,8-10,13-14,20-21H,2,5-7,11-12,15-18H2,(H2,27,28,32). The van der Waals surface area contributed by atoms with Crippen molar-refractivity contribution in [3.05, 3.63) is 54.4 Å². The summed E-state index contributed by atoms with van der Waals surface area (Å²) in [7, 11) is 0. The zero-order valence-electron chi connectivity index (χ0n) is 18.4. The smallest absolute Gasteiger partial charge is 0.315 e. The summed E-state index contributed by atoms with van der Waals surface area (Å²) in [6.45, 7) is 2.80. The lowest BCUT2D eigenvalue weighted by molar-refractivity contribution is -0.131. The molecule has 0 radical (unpaired) electrons. The molecule has 3 amide bonds. The number of benzene rings is 1. The number of amides is 3. The predicted molar refractivity (Wildman–Crippen MR) is 123 cm³/mol. The molecule has 2 saturated heterocycles. The topological polar surface area (TPSA) is 90.5 Å². The number of likely N-dealkylation sites (tertiary alicyclic amines) is 1. The third-order valence-corrected chi connectivity index (χ3v) is 6.17. The van der Waals surface area contributed by atoms with Gasteiger partial charge in [0.15, 0.2) is 0 Å². The van der Waals surface area contributed by atoms with Crippen LogP contribution in [0.2, 0.25) is 0 Å². The highest BCUT2D eigenvalue weighted by Crippen LogP contribution is 2.19. The fourth-order valence-electron chi connectivity index (χ4n) is 4.49. The molecule has 2 unspecified atom stereocenters. The number of anilines is 1. The number of urea groups is 1. The normalized spacial score (nSPS) is 20.4. The number of aromatic nitrogens is 2. The van der Waals surface area contributed by atoms with Crippen molar-refractivity contribution in [2.24, 2.45) is 0 Å². The highest BCUT2D eigenvalue weighted by atomic mass is 16.2. The number of nitrogens with zero attached hydrogens (tertiary/aromatic N) is 4. The van der Waals surface area contributed by atoms with Gasteiger partial charge in [0.25, 0.3) is 0 Å². The van der Waals surface area contributed by atoms with Crippen LogP contribution in [0.1, 0.15) is 50.1 Å². The lowest BCUT2D eigenvalue weighted by Crippen LogP contribution is -2.52. The SMILES string of the molecule is O=C(NC1CCCN(c2ncccn2)C1)NC(CN1CCCCCC1=O)c1ccccc1. The highest BCUT2D eigenvalue weighted by molar-refractivity contribution is 5.77. The number of hydrogen-bond donors (Lipinski definition) is 2. The van der Waals surface area contributed by atoms with Crippen LogP contribution in [0.5, 0.6) is 0 Å². The van der Waals surface area contributed by atoms with Gasteiger partial charge in [-0.3, -0.25) is 4.79 Å². The molecule has 170 valence electrons. The molecule has 3 heterocycles. The number of nitrogens with one attached hydrogen (secondary N) is 2. The summed E-state index contributed by atoms with van der Waals surface area (Å²) in [5.74, 6) is 0.873. The quantitative estimate of drug-likeness (QED) is 0.727. The van der Waals surface area contributed by atoms with E-state index < -0.39 is 0 Å². The Morgan fingerprint density at radius 2 is 1.84 bits per heavy atom. The molecule has 0 saturated carbocycles. The van der Waals surface area contributed by atoms with Crippen molar-refractivity contribution in [2.45, 2.75) is 50.6 Å². The van der Waals surface area contributed by atoms with Gasteiger partial charge >= 0.3 is 6.03 Å². The third-order valence-electron chi connectivity index (χ3n) is 6.17. The molecule has 2 fully saturated rings. The molecule has 2 atom stereocenters. The second-order valence-electron chi connectivity index (χ2n) is 8.57. The first-order valence-corrected chi connectivity index (χ1v) is 11.6. The van der Waals surface area contributed by atoms with Crippen molar-refractivity contribution in [3.63, 3.8) is 0 Å². The van der Waals surface area contributed by atoms with Gasteiger partial charge in [-0.1, -0.05) is 36.8 Å². The second kappa shape index (κ2) is 10.9. The third kappa shape index (κ3) is 5.96. The molecular formula is C24H32N6O2. The van der Waals surface area contributed by atoms with Crippen LogP contribution in [0.4, 0.5) is 10.7 Å². The Bertz CT molecular complexity index is 879. The van der Waals surface area contributed by atoms with E-state index in [4.69, 9.17) is 0 Å². The molecule has 1 aromatic carbocycles. The van der Waals surface area contributed by atoms with Crippen LogP contribution in [0, 0.1) is 0 Å². The van der Waals surface area contributed by atoms with Crippen LogP contribution >= 0.6 is 0 Å². The largest absolute Gasteiger partial charge is 0.340 e. The zero-order valence-corrected chi connectivity index (χ0v) is 18.4. The molecule has 1 aromatic heterocycles. The van der Waals surface area contributed by atoms with E-state index in [-0.39, 0.29) is 24.0 Å². The summed E-state index contributed by atoms with van der Waals surface area (Å²) < 4.78 is 0. The highest BCUT2D eigenvalue weighted by Gasteiger charge is 2.26. The number of carbonyl (C=O) groups is 2. The summed E-state index contributed by atoms with van der Waals surface area (Å²) >= 11 is 0. The molecule has 4 rings (SSSR count). The van der Waals surface area contributed by atoms with Gasteiger partial charge in [0.2, 0.25) is 11.9 Å². The molecule has 8 heteroatoms. The van der Waals surface area contributed by atoms with Gasteiger partial charge in [-0.15, -0.1) is 0 Å². The Morgan fingerprint density at radius 1 is 1.03 bits per heavy atom. The first-order chi connectivity index (χ1) is 15.7. The molecule has 2 aliphatic rings. The maximum absolute atomic E-state index is 13.0. The van der Waals surface area contributed by atoms with Gasteiger partial charge in [-0.25, -0.2) is 14.8 Å². The van der Waals surface area contributed by atoms with Gasteiger partial charge in [0.05, 0.1) is 6.04 Å².